The molecule has 2 unspecified atom stereocenters. The van der Waals surface area contributed by atoms with E-state index in [1.807, 2.05) is 12.1 Å². The van der Waals surface area contributed by atoms with Crippen molar-refractivity contribution in [2.75, 3.05) is 14.2 Å². The maximum Gasteiger partial charge on any atom is 0.119 e. The first-order valence-corrected chi connectivity index (χ1v) is 12.6. The third kappa shape index (κ3) is 3.16. The summed E-state index contributed by atoms with van der Waals surface area (Å²) in [5.74, 6) is 3.16. The highest BCUT2D eigenvalue weighted by Gasteiger charge is 2.39. The van der Waals surface area contributed by atoms with Gasteiger partial charge in [0.1, 0.15) is 11.5 Å². The van der Waals surface area contributed by atoms with Crippen molar-refractivity contribution in [2.24, 2.45) is 0 Å². The van der Waals surface area contributed by atoms with Crippen LogP contribution in [0.4, 0.5) is 0 Å². The van der Waals surface area contributed by atoms with E-state index in [4.69, 9.17) is 9.47 Å². The van der Waals surface area contributed by atoms with E-state index in [0.29, 0.717) is 11.8 Å². The lowest BCUT2D eigenvalue weighted by atomic mass is 9.82. The molecular formula is C33H28O2. The molecule has 0 aromatic heterocycles. The van der Waals surface area contributed by atoms with Crippen molar-refractivity contribution in [3.8, 4) is 33.8 Å². The molecule has 0 aliphatic heterocycles. The average molecular weight is 457 g/mol. The number of ether oxygens (including phenoxy) is 2. The first kappa shape index (κ1) is 20.6. The molecule has 5 aromatic carbocycles. The van der Waals surface area contributed by atoms with E-state index in [-0.39, 0.29) is 0 Å². The van der Waals surface area contributed by atoms with Gasteiger partial charge in [0.15, 0.2) is 0 Å². The first-order valence-electron chi connectivity index (χ1n) is 12.6. The van der Waals surface area contributed by atoms with Crippen LogP contribution in [0.2, 0.25) is 0 Å². The van der Waals surface area contributed by atoms with Crippen molar-refractivity contribution in [3.63, 3.8) is 0 Å². The molecule has 1 saturated carbocycles. The number of hydrogen-bond donors (Lipinski definition) is 0. The van der Waals surface area contributed by atoms with Crippen LogP contribution in [0.1, 0.15) is 42.2 Å². The highest BCUT2D eigenvalue weighted by molar-refractivity contribution is 6.13. The second kappa shape index (κ2) is 7.88. The monoisotopic (exact) mass is 456 g/mol. The van der Waals surface area contributed by atoms with Crippen LogP contribution in [0.3, 0.4) is 0 Å². The molecule has 2 aliphatic rings. The van der Waals surface area contributed by atoms with Gasteiger partial charge in [-0.2, -0.15) is 0 Å². The lowest BCUT2D eigenvalue weighted by Crippen LogP contribution is -2.01. The van der Waals surface area contributed by atoms with Crippen molar-refractivity contribution in [1.82, 2.24) is 0 Å². The van der Waals surface area contributed by atoms with Crippen molar-refractivity contribution in [1.29, 1.82) is 0 Å². The molecule has 2 heteroatoms. The normalized spacial score (nSPS) is 18.2. The molecule has 35 heavy (non-hydrogen) atoms. The smallest absolute Gasteiger partial charge is 0.119 e. The molecule has 0 saturated heterocycles. The molecular weight excluding hydrogens is 428 g/mol. The van der Waals surface area contributed by atoms with Crippen LogP contribution in [0.5, 0.6) is 11.5 Å². The van der Waals surface area contributed by atoms with Gasteiger partial charge in [-0.1, -0.05) is 48.5 Å². The molecule has 0 N–H and O–H groups in total. The van der Waals surface area contributed by atoms with Crippen LogP contribution in [-0.2, 0) is 0 Å². The number of benzene rings is 5. The van der Waals surface area contributed by atoms with E-state index in [9.17, 15) is 0 Å². The fraction of sp³-hybridized carbons (Fsp3) is 0.212. The van der Waals surface area contributed by atoms with E-state index >= 15 is 0 Å². The minimum atomic E-state index is 0.683. The van der Waals surface area contributed by atoms with E-state index in [1.165, 1.54) is 63.1 Å². The van der Waals surface area contributed by atoms with Gasteiger partial charge in [-0.05, 0) is 122 Å². The Hall–Kier alpha value is -3.78. The summed E-state index contributed by atoms with van der Waals surface area (Å²) in [4.78, 5) is 0. The first-order chi connectivity index (χ1) is 17.2. The van der Waals surface area contributed by atoms with Gasteiger partial charge in [-0.3, -0.25) is 0 Å². The second-order valence-electron chi connectivity index (χ2n) is 10.0. The number of fused-ring (bicyclic) bond motifs is 10. The third-order valence-electron chi connectivity index (χ3n) is 8.26. The Labute approximate surface area is 206 Å². The summed E-state index contributed by atoms with van der Waals surface area (Å²) in [5, 5.41) is 5.62. The Morgan fingerprint density at radius 3 is 1.43 bits per heavy atom. The van der Waals surface area contributed by atoms with Crippen LogP contribution in [0, 0.1) is 0 Å². The van der Waals surface area contributed by atoms with Gasteiger partial charge in [-0.15, -0.1) is 0 Å². The minimum Gasteiger partial charge on any atom is -0.497 e. The predicted molar refractivity (Wildman–Crippen MR) is 145 cm³/mol. The van der Waals surface area contributed by atoms with Gasteiger partial charge in [0.2, 0.25) is 0 Å². The van der Waals surface area contributed by atoms with Gasteiger partial charge in [0.25, 0.3) is 0 Å². The topological polar surface area (TPSA) is 18.5 Å². The summed E-state index contributed by atoms with van der Waals surface area (Å²) in [6.45, 7) is 0. The van der Waals surface area contributed by atoms with Gasteiger partial charge in [0, 0.05) is 0 Å². The molecule has 2 nitrogen and oxygen atoms in total. The predicted octanol–water partition coefficient (Wildman–Crippen LogP) is 8.71. The van der Waals surface area contributed by atoms with Gasteiger partial charge in [0.05, 0.1) is 14.2 Å². The van der Waals surface area contributed by atoms with Gasteiger partial charge < -0.3 is 9.47 Å². The molecule has 1 fully saturated rings. The van der Waals surface area contributed by atoms with Crippen LogP contribution >= 0.6 is 0 Å². The van der Waals surface area contributed by atoms with E-state index in [1.54, 1.807) is 25.3 Å². The summed E-state index contributed by atoms with van der Waals surface area (Å²) >= 11 is 0. The molecule has 2 bridgehead atoms. The van der Waals surface area contributed by atoms with Crippen molar-refractivity contribution in [2.45, 2.75) is 31.1 Å². The highest BCUT2D eigenvalue weighted by atomic mass is 16.5. The maximum absolute atomic E-state index is 5.49. The zero-order valence-corrected chi connectivity index (χ0v) is 20.2. The minimum absolute atomic E-state index is 0.683. The zero-order chi connectivity index (χ0) is 23.5. The number of rotatable bonds is 4. The maximum atomic E-state index is 5.49. The molecule has 0 heterocycles. The zero-order valence-electron chi connectivity index (χ0n) is 20.2. The van der Waals surface area contributed by atoms with Crippen LogP contribution < -0.4 is 9.47 Å². The van der Waals surface area contributed by atoms with E-state index < -0.39 is 0 Å². The van der Waals surface area contributed by atoms with Gasteiger partial charge in [-0.25, -0.2) is 0 Å². The Balaban J connectivity index is 1.48. The second-order valence-corrected chi connectivity index (χ2v) is 10.0. The Morgan fingerprint density at radius 2 is 0.971 bits per heavy atom. The van der Waals surface area contributed by atoms with Crippen LogP contribution in [0.25, 0.3) is 43.8 Å². The molecule has 0 amide bonds. The summed E-state index contributed by atoms with van der Waals surface area (Å²) in [6.07, 6.45) is 3.94. The fourth-order valence-corrected chi connectivity index (χ4v) is 6.64. The van der Waals surface area contributed by atoms with Crippen molar-refractivity contribution in [3.05, 3.63) is 96.1 Å². The summed E-state index contributed by atoms with van der Waals surface area (Å²) < 4.78 is 11.0. The highest BCUT2D eigenvalue weighted by Crippen LogP contribution is 2.58. The lowest BCUT2D eigenvalue weighted by Gasteiger charge is -2.22. The fourth-order valence-electron chi connectivity index (χ4n) is 6.64. The quantitative estimate of drug-likeness (QED) is 0.252. The van der Waals surface area contributed by atoms with Crippen LogP contribution in [0.15, 0.2) is 84.9 Å². The average Bonchev–Trinajstić information content (AvgIpc) is 3.55. The SMILES string of the molecule is COc1cccc(-c2ccc3c(c2)c2c(c4cc(-c5cccc(OC)c5)ccc43)C3CCC2C3)c1. The standard InChI is InChI=1S/C33H28O2/c1-34-26-7-3-5-20(16-26)22-11-13-28-29-14-12-23(21-6-4-8-27(17-21)35-2)19-31(29)33-25-10-9-24(15-25)32(33)30(28)18-22/h3-8,11-14,16-19,24-25H,9-10,15H2,1-2H3. The molecule has 2 atom stereocenters. The Bertz CT molecular complexity index is 1490. The van der Waals surface area contributed by atoms with Crippen molar-refractivity contribution >= 4 is 21.5 Å². The van der Waals surface area contributed by atoms with E-state index in [0.717, 1.165) is 11.5 Å². The molecule has 7 rings (SSSR count). The molecule has 0 spiro atoms. The molecule has 0 radical (unpaired) electrons. The molecule has 2 aliphatic carbocycles. The molecule has 172 valence electrons. The molecule has 5 aromatic rings. The summed E-state index contributed by atoms with van der Waals surface area (Å²) in [6, 6.07) is 30.9. The lowest BCUT2D eigenvalue weighted by molar-refractivity contribution is 0.415. The Morgan fingerprint density at radius 1 is 0.514 bits per heavy atom. The Kier molecular flexibility index (Phi) is 4.63. The summed E-state index contributed by atoms with van der Waals surface area (Å²) in [5.41, 5.74) is 8.14. The number of hydrogen-bond acceptors (Lipinski definition) is 2. The summed E-state index contributed by atoms with van der Waals surface area (Å²) in [7, 11) is 3.46. The third-order valence-corrected chi connectivity index (χ3v) is 8.26. The number of methoxy groups -OCH3 is 2. The van der Waals surface area contributed by atoms with Crippen molar-refractivity contribution < 1.29 is 9.47 Å². The largest absolute Gasteiger partial charge is 0.497 e. The van der Waals surface area contributed by atoms with Crippen LogP contribution in [-0.4, -0.2) is 14.2 Å². The van der Waals surface area contributed by atoms with E-state index in [2.05, 4.69) is 72.8 Å². The van der Waals surface area contributed by atoms with Gasteiger partial charge >= 0.3 is 0 Å².